The van der Waals surface area contributed by atoms with Gasteiger partial charge < -0.3 is 19.3 Å². The van der Waals surface area contributed by atoms with Crippen LogP contribution in [-0.2, 0) is 11.3 Å². The Hall–Kier alpha value is -2.95. The topological polar surface area (TPSA) is 88.0 Å². The van der Waals surface area contributed by atoms with Crippen molar-refractivity contribution in [3.05, 3.63) is 63.1 Å². The number of anilines is 3. The van der Waals surface area contributed by atoms with E-state index in [-0.39, 0.29) is 0 Å². The number of hydrogen-bond donors (Lipinski definition) is 1. The minimum absolute atomic E-state index is 0.409. The fourth-order valence-corrected chi connectivity index (χ4v) is 4.70. The first kappa shape index (κ1) is 25.7. The summed E-state index contributed by atoms with van der Waals surface area (Å²) in [4.78, 5) is 18.5. The van der Waals surface area contributed by atoms with E-state index >= 15 is 0 Å². The van der Waals surface area contributed by atoms with E-state index in [9.17, 15) is 0 Å². The minimum Gasteiger partial charge on any atom is -0.488 e. The third-order valence-electron chi connectivity index (χ3n) is 6.19. The van der Waals surface area contributed by atoms with Gasteiger partial charge in [0.05, 0.1) is 19.4 Å². The van der Waals surface area contributed by atoms with Gasteiger partial charge in [0.25, 0.3) is 0 Å². The van der Waals surface area contributed by atoms with Crippen LogP contribution in [-0.4, -0.2) is 60.6 Å². The molecule has 0 bridgehead atoms. The Labute approximate surface area is 230 Å². The van der Waals surface area contributed by atoms with Crippen LogP contribution < -0.4 is 20.0 Å². The van der Waals surface area contributed by atoms with Crippen molar-refractivity contribution in [2.24, 2.45) is 5.10 Å². The van der Waals surface area contributed by atoms with Crippen molar-refractivity contribution < 1.29 is 9.47 Å². The van der Waals surface area contributed by atoms with Gasteiger partial charge >= 0.3 is 0 Å². The normalized spacial score (nSPS) is 16.3. The lowest BCUT2D eigenvalue weighted by molar-refractivity contribution is 0.122. The fourth-order valence-electron chi connectivity index (χ4n) is 4.20. The maximum Gasteiger partial charge on any atom is 0.250 e. The SMILES string of the molecule is Clc1ccc(COc2ccc(Br)cc2/C=N\Nc2nc(N3CCCCC3)nc(N3CCOCC3)n2)cc1. The van der Waals surface area contributed by atoms with Crippen LogP contribution in [0.15, 0.2) is 52.0 Å². The largest absolute Gasteiger partial charge is 0.488 e. The molecule has 11 heteroatoms. The zero-order valence-electron chi connectivity index (χ0n) is 20.4. The highest BCUT2D eigenvalue weighted by molar-refractivity contribution is 9.10. The Morgan fingerprint density at radius 3 is 2.38 bits per heavy atom. The van der Waals surface area contributed by atoms with Gasteiger partial charge in [0, 0.05) is 41.2 Å². The van der Waals surface area contributed by atoms with Gasteiger partial charge in [0.1, 0.15) is 12.4 Å². The summed E-state index contributed by atoms with van der Waals surface area (Å²) in [6, 6.07) is 13.4. The monoisotopic (exact) mass is 585 g/mol. The maximum atomic E-state index is 6.07. The summed E-state index contributed by atoms with van der Waals surface area (Å²) in [7, 11) is 0. The minimum atomic E-state index is 0.409. The quantitative estimate of drug-likeness (QED) is 0.287. The number of ether oxygens (including phenoxy) is 2. The Kier molecular flexibility index (Phi) is 8.70. The molecule has 2 fully saturated rings. The molecule has 0 radical (unpaired) electrons. The van der Waals surface area contributed by atoms with Crippen LogP contribution in [0, 0.1) is 0 Å². The lowest BCUT2D eigenvalue weighted by atomic mass is 10.1. The van der Waals surface area contributed by atoms with Gasteiger partial charge in [0.2, 0.25) is 17.8 Å². The van der Waals surface area contributed by atoms with Crippen molar-refractivity contribution in [2.45, 2.75) is 25.9 Å². The highest BCUT2D eigenvalue weighted by Crippen LogP contribution is 2.24. The van der Waals surface area contributed by atoms with Gasteiger partial charge in [-0.1, -0.05) is 39.7 Å². The van der Waals surface area contributed by atoms with E-state index in [1.807, 2.05) is 42.5 Å². The number of morpholine rings is 1. The molecule has 2 saturated heterocycles. The van der Waals surface area contributed by atoms with Gasteiger partial charge in [-0.3, -0.25) is 0 Å². The van der Waals surface area contributed by atoms with Crippen LogP contribution in [0.1, 0.15) is 30.4 Å². The van der Waals surface area contributed by atoms with Gasteiger partial charge in [0.15, 0.2) is 0 Å². The highest BCUT2D eigenvalue weighted by Gasteiger charge is 2.20. The van der Waals surface area contributed by atoms with Gasteiger partial charge in [-0.25, -0.2) is 5.43 Å². The molecule has 1 N–H and O–H groups in total. The van der Waals surface area contributed by atoms with E-state index in [0.717, 1.165) is 54.6 Å². The van der Waals surface area contributed by atoms with Crippen LogP contribution in [0.3, 0.4) is 0 Å². The molecular formula is C26H29BrClN7O2. The van der Waals surface area contributed by atoms with Crippen molar-refractivity contribution >= 4 is 51.6 Å². The van der Waals surface area contributed by atoms with Crippen molar-refractivity contribution in [1.29, 1.82) is 0 Å². The molecular weight excluding hydrogens is 558 g/mol. The number of aromatic nitrogens is 3. The molecule has 194 valence electrons. The molecule has 9 nitrogen and oxygen atoms in total. The Bertz CT molecular complexity index is 1180. The maximum absolute atomic E-state index is 6.07. The zero-order valence-corrected chi connectivity index (χ0v) is 22.8. The fraction of sp³-hybridized carbons (Fsp3) is 0.385. The van der Waals surface area contributed by atoms with Crippen molar-refractivity contribution in [3.63, 3.8) is 0 Å². The molecule has 2 aliphatic rings. The van der Waals surface area contributed by atoms with E-state index in [4.69, 9.17) is 26.1 Å². The van der Waals surface area contributed by atoms with Crippen LogP contribution in [0.4, 0.5) is 17.8 Å². The van der Waals surface area contributed by atoms with E-state index in [0.29, 0.717) is 48.4 Å². The average Bonchev–Trinajstić information content (AvgIpc) is 2.94. The Balaban J connectivity index is 1.33. The Morgan fingerprint density at radius 2 is 1.65 bits per heavy atom. The number of halogens is 2. The molecule has 0 amide bonds. The van der Waals surface area contributed by atoms with E-state index in [2.05, 4.69) is 46.2 Å². The predicted molar refractivity (Wildman–Crippen MR) is 150 cm³/mol. The van der Waals surface area contributed by atoms with E-state index < -0.39 is 0 Å². The number of hydrogen-bond acceptors (Lipinski definition) is 9. The van der Waals surface area contributed by atoms with Crippen molar-refractivity contribution in [3.8, 4) is 5.75 Å². The molecule has 2 aliphatic heterocycles. The number of nitrogens with zero attached hydrogens (tertiary/aromatic N) is 6. The molecule has 0 spiro atoms. The zero-order chi connectivity index (χ0) is 25.5. The molecule has 3 heterocycles. The molecule has 37 heavy (non-hydrogen) atoms. The molecule has 0 aliphatic carbocycles. The summed E-state index contributed by atoms with van der Waals surface area (Å²) in [6.45, 7) is 5.13. The first-order valence-corrected chi connectivity index (χ1v) is 13.6. The summed E-state index contributed by atoms with van der Waals surface area (Å²) in [5.41, 5.74) is 4.86. The summed E-state index contributed by atoms with van der Waals surface area (Å²) in [5, 5.41) is 5.14. The third-order valence-corrected chi connectivity index (χ3v) is 6.94. The van der Waals surface area contributed by atoms with E-state index in [1.165, 1.54) is 6.42 Å². The second kappa shape index (κ2) is 12.5. The van der Waals surface area contributed by atoms with Gasteiger partial charge in [-0.05, 0) is 55.2 Å². The summed E-state index contributed by atoms with van der Waals surface area (Å²) in [6.07, 6.45) is 5.23. The molecule has 3 aromatic rings. The first-order valence-electron chi connectivity index (χ1n) is 12.4. The van der Waals surface area contributed by atoms with Crippen molar-refractivity contribution in [1.82, 2.24) is 15.0 Å². The summed E-state index contributed by atoms with van der Waals surface area (Å²) < 4.78 is 12.5. The second-order valence-corrected chi connectivity index (χ2v) is 10.2. The van der Waals surface area contributed by atoms with Gasteiger partial charge in [-0.2, -0.15) is 20.1 Å². The lowest BCUT2D eigenvalue weighted by Gasteiger charge is -2.30. The number of benzene rings is 2. The van der Waals surface area contributed by atoms with Crippen LogP contribution >= 0.6 is 27.5 Å². The Morgan fingerprint density at radius 1 is 0.946 bits per heavy atom. The molecule has 0 unspecified atom stereocenters. The van der Waals surface area contributed by atoms with Crippen LogP contribution in [0.25, 0.3) is 0 Å². The lowest BCUT2D eigenvalue weighted by Crippen LogP contribution is -2.38. The average molecular weight is 587 g/mol. The van der Waals surface area contributed by atoms with Crippen LogP contribution in [0.5, 0.6) is 5.75 Å². The highest BCUT2D eigenvalue weighted by atomic mass is 79.9. The third kappa shape index (κ3) is 7.09. The summed E-state index contributed by atoms with van der Waals surface area (Å²) >= 11 is 9.53. The molecule has 5 rings (SSSR count). The summed E-state index contributed by atoms with van der Waals surface area (Å²) in [5.74, 6) is 2.45. The number of nitrogens with one attached hydrogen (secondary N) is 1. The standard InChI is InChI=1S/C26H29BrClN7O2/c27-21-6-9-23(37-18-19-4-7-22(28)8-5-19)20(16-21)17-29-33-24-30-25(34-10-2-1-3-11-34)32-26(31-24)35-12-14-36-15-13-35/h4-9,16-17H,1-3,10-15,18H2,(H,30,31,32,33)/b29-17-. The van der Waals surface area contributed by atoms with Crippen molar-refractivity contribution in [2.75, 3.05) is 54.6 Å². The molecule has 2 aromatic carbocycles. The first-order chi connectivity index (χ1) is 18.1. The van der Waals surface area contributed by atoms with Gasteiger partial charge in [-0.15, -0.1) is 0 Å². The molecule has 0 saturated carbocycles. The van der Waals surface area contributed by atoms with E-state index in [1.54, 1.807) is 6.21 Å². The number of rotatable bonds is 8. The molecule has 1 aromatic heterocycles. The molecule has 0 atom stereocenters. The number of piperidine rings is 1. The smallest absolute Gasteiger partial charge is 0.250 e. The predicted octanol–water partition coefficient (Wildman–Crippen LogP) is 5.14. The number of hydrazone groups is 1. The van der Waals surface area contributed by atoms with Crippen LogP contribution in [0.2, 0.25) is 5.02 Å². The second-order valence-electron chi connectivity index (χ2n) is 8.87.